The lowest BCUT2D eigenvalue weighted by molar-refractivity contribution is -0.0399. The molecule has 724 valence electrons. The van der Waals surface area contributed by atoms with Gasteiger partial charge < -0.3 is 9.13 Å². The quantitative estimate of drug-likeness (QED) is 0.142. The van der Waals surface area contributed by atoms with Gasteiger partial charge in [-0.2, -0.15) is 0 Å². The number of nitrogens with zero attached hydrogens (tertiary/aromatic N) is 7. The molecule has 38 rings (SSSR count). The zero-order chi connectivity index (χ0) is 98.5. The summed E-state index contributed by atoms with van der Waals surface area (Å²) >= 11 is 0. The third kappa shape index (κ3) is 12.2. The summed E-state index contributed by atoms with van der Waals surface area (Å²) in [6, 6.07) is 146. The highest BCUT2D eigenvalue weighted by Gasteiger charge is 2.65. The number of pyridine rings is 2. The molecule has 12 bridgehead atoms. The van der Waals surface area contributed by atoms with Gasteiger partial charge in [-0.05, 0) is 399 Å². The second kappa shape index (κ2) is 32.2. The van der Waals surface area contributed by atoms with Gasteiger partial charge in [-0.25, -0.2) is 9.97 Å². The van der Waals surface area contributed by atoms with Crippen LogP contribution in [0.1, 0.15) is 156 Å². The van der Waals surface area contributed by atoms with Gasteiger partial charge >= 0.3 is 0 Å². The molecule has 0 N–H and O–H groups in total. The van der Waals surface area contributed by atoms with Crippen LogP contribution in [0.5, 0.6) is 0 Å². The van der Waals surface area contributed by atoms with Crippen molar-refractivity contribution in [3.63, 3.8) is 0 Å². The number of rotatable bonds is 8. The highest BCUT2D eigenvalue weighted by Crippen LogP contribution is 2.74. The van der Waals surface area contributed by atoms with Crippen molar-refractivity contribution in [2.24, 2.45) is 71.0 Å². The monoisotopic (exact) mass is 1930 g/mol. The molecular formula is C143H117N7. The highest BCUT2D eigenvalue weighted by atomic mass is 15.1. The smallest absolute Gasteiger partial charge is 0.145 e. The van der Waals surface area contributed by atoms with Crippen LogP contribution in [0.15, 0.2) is 401 Å². The van der Waals surface area contributed by atoms with Crippen LogP contribution >= 0.6 is 0 Å². The third-order valence-electron chi connectivity index (χ3n) is 40.3. The number of hydrogen-bond acceptors (Lipinski definition) is 3. The molecule has 3 spiro atoms. The lowest BCUT2D eigenvalue weighted by Crippen LogP contribution is -2.55. The average Bonchev–Trinajstić information content (AvgIpc) is 1.50. The Morgan fingerprint density at radius 1 is 0.247 bits per heavy atom. The molecule has 15 aliphatic carbocycles. The molecule has 0 atom stereocenters. The van der Waals surface area contributed by atoms with E-state index in [-0.39, 0.29) is 21.7 Å². The molecule has 0 aliphatic heterocycles. The summed E-state index contributed by atoms with van der Waals surface area (Å²) in [6.45, 7) is 6.87. The fraction of sp³-hybridized carbons (Fsp3) is 0.238. The number of hydrogen-bond donors (Lipinski definition) is 0. The summed E-state index contributed by atoms with van der Waals surface area (Å²) in [5, 5.41) is 11.1. The predicted molar refractivity (Wildman–Crippen MR) is 618 cm³/mol. The Balaban J connectivity index is 0.0000000981. The van der Waals surface area contributed by atoms with Crippen LogP contribution in [-0.4, -0.2) is 33.2 Å². The normalized spacial score (nSPS) is 24.6. The summed E-state index contributed by atoms with van der Waals surface area (Å²) in [6.07, 6.45) is 25.2. The first-order chi connectivity index (χ1) is 73.9. The Labute approximate surface area is 875 Å². The fourth-order valence-electron chi connectivity index (χ4n) is 35.4. The number of imidazole rings is 1. The van der Waals surface area contributed by atoms with Gasteiger partial charge in [-0.3, -0.25) is 14.1 Å². The fourth-order valence-corrected chi connectivity index (χ4v) is 35.4. The first-order valence-electron chi connectivity index (χ1n) is 56.1. The molecule has 17 aromatic carbocycles. The van der Waals surface area contributed by atoms with Crippen molar-refractivity contribution in [1.82, 2.24) is 33.2 Å². The van der Waals surface area contributed by atoms with Crippen molar-refractivity contribution in [3.8, 4) is 101 Å². The topological polar surface area (TPSA) is 58.4 Å². The van der Waals surface area contributed by atoms with E-state index in [1.165, 1.54) is 240 Å². The van der Waals surface area contributed by atoms with Gasteiger partial charge in [0.1, 0.15) is 11.6 Å². The largest absolute Gasteiger partial charge is 0.309 e. The maximum absolute atomic E-state index is 5.21. The van der Waals surface area contributed by atoms with Crippen LogP contribution < -0.4 is 0 Å². The van der Waals surface area contributed by atoms with E-state index in [0.717, 1.165) is 132 Å². The van der Waals surface area contributed by atoms with Crippen molar-refractivity contribution >= 4 is 98.1 Å². The van der Waals surface area contributed by atoms with Crippen molar-refractivity contribution in [1.29, 1.82) is 0 Å². The summed E-state index contributed by atoms with van der Waals surface area (Å²) in [4.78, 5) is 14.9. The number of benzene rings is 17. The predicted octanol–water partition coefficient (Wildman–Crippen LogP) is 35.9. The second-order valence-corrected chi connectivity index (χ2v) is 48.4. The van der Waals surface area contributed by atoms with Gasteiger partial charge in [-0.15, -0.1) is 0 Å². The van der Waals surface area contributed by atoms with Crippen LogP contribution in [-0.2, 0) is 21.7 Å². The third-order valence-corrected chi connectivity index (χ3v) is 40.3. The number of fused-ring (bicyclic) bond motifs is 22. The van der Waals surface area contributed by atoms with E-state index in [4.69, 9.17) is 9.97 Å². The lowest BCUT2D eigenvalue weighted by Gasteiger charge is -2.61. The van der Waals surface area contributed by atoms with Crippen molar-refractivity contribution in [2.45, 2.75) is 139 Å². The first-order valence-corrected chi connectivity index (χ1v) is 56.1. The van der Waals surface area contributed by atoms with E-state index >= 15 is 0 Å². The molecule has 0 radical (unpaired) electrons. The van der Waals surface area contributed by atoms with E-state index in [1.54, 1.807) is 33.4 Å². The zero-order valence-electron chi connectivity index (χ0n) is 85.3. The molecule has 23 aromatic rings. The van der Waals surface area contributed by atoms with Gasteiger partial charge in [0.25, 0.3) is 0 Å². The molecule has 0 unspecified atom stereocenters. The highest BCUT2D eigenvalue weighted by molar-refractivity contribution is 6.17. The van der Waals surface area contributed by atoms with E-state index in [0.29, 0.717) is 0 Å². The maximum Gasteiger partial charge on any atom is 0.145 e. The van der Waals surface area contributed by atoms with E-state index in [2.05, 4.69) is 426 Å². The molecule has 0 saturated heterocycles. The summed E-state index contributed by atoms with van der Waals surface area (Å²) in [5.74, 6) is 12.2. The van der Waals surface area contributed by atoms with E-state index in [9.17, 15) is 0 Å². The molecule has 12 fully saturated rings. The second-order valence-electron chi connectivity index (χ2n) is 48.4. The van der Waals surface area contributed by atoms with Crippen LogP contribution in [0.3, 0.4) is 0 Å². The summed E-state index contributed by atoms with van der Waals surface area (Å²) in [5.41, 5.74) is 43.8. The van der Waals surface area contributed by atoms with Crippen LogP contribution in [0, 0.1) is 71.0 Å². The van der Waals surface area contributed by atoms with Gasteiger partial charge in [0.05, 0.1) is 49.7 Å². The van der Waals surface area contributed by atoms with Gasteiger partial charge in [0, 0.05) is 94.4 Å². The Kier molecular flexibility index (Phi) is 18.6. The number of para-hydroxylation sites is 6. The summed E-state index contributed by atoms with van der Waals surface area (Å²) in [7, 11) is 0. The van der Waals surface area contributed by atoms with E-state index < -0.39 is 0 Å². The molecule has 7 heteroatoms. The molecule has 150 heavy (non-hydrogen) atoms. The van der Waals surface area contributed by atoms with Crippen molar-refractivity contribution in [2.75, 3.05) is 0 Å². The number of aromatic nitrogens is 7. The van der Waals surface area contributed by atoms with Crippen LogP contribution in [0.4, 0.5) is 0 Å². The van der Waals surface area contributed by atoms with Gasteiger partial charge in [0.15, 0.2) is 0 Å². The molecule has 0 amide bonds. The molecule has 12 saturated carbocycles. The standard InChI is InChI=1S/C53H41N3.C46H35N3.C44H41N/c1-2-13-39(14-3-1)56-50-23-9-7-21-47(50)54-52(56)36-12-10-15-40(31-36)55-48-22-8-5-16-42(48)44-32-35(24-25-49(44)55)41-18-11-20-46-51(41)43-17-4-6-19-45(43)53(46)37-27-33-26-34(29-37)30-38(53)28-33;1-3-11-39-36(9-1)44-34(10-5-12-40(44)46(39)32-20-27-19-28(22-32)23-33(46)21-27)30-16-17-42-37(24-30)35-8-2-4-13-41(35)49(42)43-25-31-15-14-29-7-6-18-47-45(29)38(31)26-48-43;1-43(2,3)30-16-18-33(19-17-30)45-40-13-7-5-10-37(40)42-34(11-8-14-41(42)45)29-15-20-36-35-9-4-6-12-38(35)44(39(36)26-29)31-22-27-21-28(24-31)25-32(44)23-27/h1-25,31-34,37-38H,26-30H2;1-18,24-28,32-33H,19-23H2;4-20,26-28,31-32H,21-25H2,1-3H3. The molecular weight excluding hydrogens is 1820 g/mol. The Morgan fingerprint density at radius 2 is 0.667 bits per heavy atom. The molecule has 6 aromatic heterocycles. The van der Waals surface area contributed by atoms with Crippen molar-refractivity contribution < 1.29 is 0 Å². The molecule has 6 heterocycles. The maximum atomic E-state index is 5.21. The van der Waals surface area contributed by atoms with Crippen molar-refractivity contribution in [3.05, 3.63) is 440 Å². The Bertz CT molecular complexity index is 9550. The minimum absolute atomic E-state index is 0.133. The minimum Gasteiger partial charge on any atom is -0.309 e. The van der Waals surface area contributed by atoms with Crippen LogP contribution in [0.25, 0.3) is 199 Å². The van der Waals surface area contributed by atoms with Crippen LogP contribution in [0.2, 0.25) is 0 Å². The molecule has 15 aliphatic rings. The zero-order valence-corrected chi connectivity index (χ0v) is 85.3. The average molecular weight is 1930 g/mol. The molecule has 7 nitrogen and oxygen atoms in total. The van der Waals surface area contributed by atoms with E-state index in [1.807, 2.05) is 18.5 Å². The van der Waals surface area contributed by atoms with Gasteiger partial charge in [0.2, 0.25) is 0 Å². The minimum atomic E-state index is 0.133. The van der Waals surface area contributed by atoms with Gasteiger partial charge in [-0.1, -0.05) is 294 Å². The first kappa shape index (κ1) is 86.4. The Hall–Kier alpha value is -15.6. The SMILES string of the molecule is CC(C)(C)c1ccc(-n2c3ccccc3c3c(-c4ccc5c(c4)C4(c6ccccc6-5)C5CC6CC(C5)CC4C6)cccc32)cc1.c1ccc(-n2c(-c3cccc(-n4c5ccccc5c5cc(-c6cccc7c6-c6ccccc6C76C7CC8CC(C7)CC6C8)ccc54)c3)nc3ccccc32)cc1.c1ccc2c(c1)-c1c(-c3ccc4c(c3)c3ccccc3n4-c3cc4ccc5cccnc5c4cn3)cccc1C21C2CC3CC(C2)CC1C3. The Morgan fingerprint density at radius 3 is 1.26 bits per heavy atom. The lowest BCUT2D eigenvalue weighted by atomic mass is 9.43. The summed E-state index contributed by atoms with van der Waals surface area (Å²) < 4.78 is 9.55.